The molecule has 4 heteroatoms. The van der Waals surface area contributed by atoms with E-state index in [-0.39, 0.29) is 16.9 Å². The molecule has 0 radical (unpaired) electrons. The highest BCUT2D eigenvalue weighted by Gasteiger charge is 2.31. The minimum absolute atomic E-state index is 0.0138. The molecule has 0 saturated carbocycles. The van der Waals surface area contributed by atoms with Crippen molar-refractivity contribution in [1.29, 1.82) is 0 Å². The van der Waals surface area contributed by atoms with Crippen LogP contribution < -0.4 is 0 Å². The second-order valence-electron chi connectivity index (χ2n) is 2.96. The molecule has 0 amide bonds. The Labute approximate surface area is 66.7 Å². The standard InChI is InChI=1S/C7H15NO3/c1-5(2)7(8(9)10)6(3)11-4/h5-7H,1-4H3/t6-,7+/m1/s1. The molecule has 2 atom stereocenters. The molecule has 11 heavy (non-hydrogen) atoms. The fourth-order valence-corrected chi connectivity index (χ4v) is 1.10. The van der Waals surface area contributed by atoms with Crippen LogP contribution in [-0.4, -0.2) is 24.2 Å². The second kappa shape index (κ2) is 4.28. The molecule has 0 aromatic rings. The van der Waals surface area contributed by atoms with Crippen LogP contribution in [0, 0.1) is 16.0 Å². The van der Waals surface area contributed by atoms with Crippen LogP contribution >= 0.6 is 0 Å². The van der Waals surface area contributed by atoms with E-state index in [0.29, 0.717) is 0 Å². The van der Waals surface area contributed by atoms with E-state index in [4.69, 9.17) is 4.74 Å². The summed E-state index contributed by atoms with van der Waals surface area (Å²) >= 11 is 0. The van der Waals surface area contributed by atoms with Gasteiger partial charge in [0.05, 0.1) is 0 Å². The fraction of sp³-hybridized carbons (Fsp3) is 1.00. The monoisotopic (exact) mass is 161 g/mol. The molecule has 0 N–H and O–H groups in total. The maximum absolute atomic E-state index is 10.5. The zero-order chi connectivity index (χ0) is 9.02. The van der Waals surface area contributed by atoms with Gasteiger partial charge in [-0.2, -0.15) is 0 Å². The van der Waals surface area contributed by atoms with Crippen molar-refractivity contribution in [2.24, 2.45) is 5.92 Å². The smallest absolute Gasteiger partial charge is 0.240 e. The van der Waals surface area contributed by atoms with Gasteiger partial charge in [0.1, 0.15) is 6.10 Å². The first kappa shape index (κ1) is 10.4. The Morgan fingerprint density at radius 1 is 1.36 bits per heavy atom. The van der Waals surface area contributed by atoms with E-state index in [9.17, 15) is 10.1 Å². The summed E-state index contributed by atoms with van der Waals surface area (Å²) in [5.74, 6) is 0.0138. The number of methoxy groups -OCH3 is 1. The Kier molecular flexibility index (Phi) is 4.03. The third-order valence-electron chi connectivity index (χ3n) is 1.78. The summed E-state index contributed by atoms with van der Waals surface area (Å²) in [6.45, 7) is 5.36. The van der Waals surface area contributed by atoms with Crippen molar-refractivity contribution < 1.29 is 9.66 Å². The summed E-state index contributed by atoms with van der Waals surface area (Å²) < 4.78 is 4.89. The van der Waals surface area contributed by atoms with Gasteiger partial charge in [-0.3, -0.25) is 10.1 Å². The van der Waals surface area contributed by atoms with Gasteiger partial charge >= 0.3 is 0 Å². The molecule has 0 bridgehead atoms. The zero-order valence-corrected chi connectivity index (χ0v) is 7.40. The average Bonchev–Trinajstić information content (AvgIpc) is 1.85. The first-order valence-corrected chi connectivity index (χ1v) is 3.67. The van der Waals surface area contributed by atoms with Gasteiger partial charge < -0.3 is 4.74 Å². The molecule has 0 fully saturated rings. The summed E-state index contributed by atoms with van der Waals surface area (Å²) in [6, 6.07) is -0.597. The van der Waals surface area contributed by atoms with E-state index in [1.54, 1.807) is 6.92 Å². The molecule has 0 aliphatic heterocycles. The van der Waals surface area contributed by atoms with Crippen molar-refractivity contribution in [3.05, 3.63) is 10.1 Å². The number of hydrogen-bond acceptors (Lipinski definition) is 3. The summed E-state index contributed by atoms with van der Waals surface area (Å²) in [5.41, 5.74) is 0. The summed E-state index contributed by atoms with van der Waals surface area (Å²) in [5, 5.41) is 10.5. The lowest BCUT2D eigenvalue weighted by Crippen LogP contribution is -2.37. The van der Waals surface area contributed by atoms with Crippen LogP contribution in [0.15, 0.2) is 0 Å². The molecule has 0 heterocycles. The highest BCUT2D eigenvalue weighted by molar-refractivity contribution is 4.67. The molecular formula is C7H15NO3. The molecular weight excluding hydrogens is 146 g/mol. The summed E-state index contributed by atoms with van der Waals surface area (Å²) in [7, 11) is 1.49. The largest absolute Gasteiger partial charge is 0.375 e. The normalized spacial score (nSPS) is 16.5. The Bertz CT molecular complexity index is 136. The van der Waals surface area contributed by atoms with Crippen LogP contribution in [0.4, 0.5) is 0 Å². The van der Waals surface area contributed by atoms with Gasteiger partial charge in [-0.1, -0.05) is 13.8 Å². The molecule has 0 aliphatic rings. The summed E-state index contributed by atoms with van der Waals surface area (Å²) in [4.78, 5) is 10.2. The van der Waals surface area contributed by atoms with Crippen molar-refractivity contribution in [2.45, 2.75) is 32.9 Å². The maximum Gasteiger partial charge on any atom is 0.240 e. The number of hydrogen-bond donors (Lipinski definition) is 0. The first-order chi connectivity index (χ1) is 5.00. The molecule has 0 aliphatic carbocycles. The quantitative estimate of drug-likeness (QED) is 0.461. The van der Waals surface area contributed by atoms with E-state index < -0.39 is 6.04 Å². The Hall–Kier alpha value is -0.640. The van der Waals surface area contributed by atoms with Crippen molar-refractivity contribution in [1.82, 2.24) is 0 Å². The van der Waals surface area contributed by atoms with Crippen LogP contribution in [0.1, 0.15) is 20.8 Å². The number of ether oxygens (including phenoxy) is 1. The minimum Gasteiger partial charge on any atom is -0.375 e. The van der Waals surface area contributed by atoms with Crippen LogP contribution in [0.5, 0.6) is 0 Å². The molecule has 0 rings (SSSR count). The maximum atomic E-state index is 10.5. The Morgan fingerprint density at radius 2 is 1.82 bits per heavy atom. The van der Waals surface area contributed by atoms with E-state index >= 15 is 0 Å². The summed E-state index contributed by atoms with van der Waals surface area (Å²) in [6.07, 6.45) is -0.315. The van der Waals surface area contributed by atoms with Gasteiger partial charge in [0.2, 0.25) is 6.04 Å². The van der Waals surface area contributed by atoms with Crippen molar-refractivity contribution in [3.8, 4) is 0 Å². The number of nitrogens with zero attached hydrogens (tertiary/aromatic N) is 1. The van der Waals surface area contributed by atoms with Gasteiger partial charge in [-0.05, 0) is 6.92 Å². The van der Waals surface area contributed by atoms with Crippen LogP contribution in [0.2, 0.25) is 0 Å². The fourth-order valence-electron chi connectivity index (χ4n) is 1.10. The predicted molar refractivity (Wildman–Crippen MR) is 42.1 cm³/mol. The topological polar surface area (TPSA) is 52.4 Å². The van der Waals surface area contributed by atoms with Gasteiger partial charge in [0, 0.05) is 18.0 Å². The van der Waals surface area contributed by atoms with Crippen LogP contribution in [0.3, 0.4) is 0 Å². The third kappa shape index (κ3) is 2.84. The van der Waals surface area contributed by atoms with Crippen molar-refractivity contribution >= 4 is 0 Å². The van der Waals surface area contributed by atoms with Gasteiger partial charge in [0.15, 0.2) is 0 Å². The van der Waals surface area contributed by atoms with E-state index in [1.807, 2.05) is 13.8 Å². The first-order valence-electron chi connectivity index (χ1n) is 3.67. The van der Waals surface area contributed by atoms with E-state index in [2.05, 4.69) is 0 Å². The third-order valence-corrected chi connectivity index (χ3v) is 1.78. The van der Waals surface area contributed by atoms with E-state index in [1.165, 1.54) is 7.11 Å². The van der Waals surface area contributed by atoms with Crippen LogP contribution in [-0.2, 0) is 4.74 Å². The highest BCUT2D eigenvalue weighted by atomic mass is 16.6. The number of nitro groups is 1. The van der Waals surface area contributed by atoms with Crippen LogP contribution in [0.25, 0.3) is 0 Å². The predicted octanol–water partition coefficient (Wildman–Crippen LogP) is 1.32. The number of rotatable bonds is 4. The Balaban J connectivity index is 4.21. The lowest BCUT2D eigenvalue weighted by atomic mass is 10.0. The molecule has 0 aromatic carbocycles. The molecule has 66 valence electrons. The van der Waals surface area contributed by atoms with Crippen molar-refractivity contribution in [2.75, 3.05) is 7.11 Å². The molecule has 0 spiro atoms. The molecule has 4 nitrogen and oxygen atoms in total. The highest BCUT2D eigenvalue weighted by Crippen LogP contribution is 2.11. The second-order valence-corrected chi connectivity index (χ2v) is 2.96. The molecule has 0 aromatic heterocycles. The SMILES string of the molecule is CO[C@H](C)[C@H](C(C)C)[N+](=O)[O-]. The van der Waals surface area contributed by atoms with Gasteiger partial charge in [0.25, 0.3) is 0 Å². The Morgan fingerprint density at radius 3 is 1.91 bits per heavy atom. The minimum atomic E-state index is -0.597. The lowest BCUT2D eigenvalue weighted by Gasteiger charge is -2.18. The zero-order valence-electron chi connectivity index (χ0n) is 7.40. The molecule has 0 saturated heterocycles. The lowest BCUT2D eigenvalue weighted by molar-refractivity contribution is -0.542. The van der Waals surface area contributed by atoms with E-state index in [0.717, 1.165) is 0 Å². The molecule has 0 unspecified atom stereocenters. The average molecular weight is 161 g/mol. The van der Waals surface area contributed by atoms with Gasteiger partial charge in [-0.25, -0.2) is 0 Å². The van der Waals surface area contributed by atoms with Gasteiger partial charge in [-0.15, -0.1) is 0 Å². The van der Waals surface area contributed by atoms with Crippen molar-refractivity contribution in [3.63, 3.8) is 0 Å².